The van der Waals surface area contributed by atoms with Gasteiger partial charge in [0.05, 0.1) is 12.7 Å². The highest BCUT2D eigenvalue weighted by atomic mass is 35.5. The molecule has 8 atom stereocenters. The molecule has 2 aliphatic heterocycles. The summed E-state index contributed by atoms with van der Waals surface area (Å²) in [5, 5.41) is 11.3. The van der Waals surface area contributed by atoms with E-state index in [1.807, 2.05) is 0 Å². The van der Waals surface area contributed by atoms with E-state index in [9.17, 15) is 5.11 Å². The summed E-state index contributed by atoms with van der Waals surface area (Å²) in [5.74, 6) is 2.09. The quantitative estimate of drug-likeness (QED) is 0.646. The first-order chi connectivity index (χ1) is 12.0. The van der Waals surface area contributed by atoms with Gasteiger partial charge in [-0.2, -0.15) is 0 Å². The van der Waals surface area contributed by atoms with Crippen LogP contribution in [0.25, 0.3) is 0 Å². The lowest BCUT2D eigenvalue weighted by Crippen LogP contribution is -2.70. The molecule has 6 rings (SSSR count). The van der Waals surface area contributed by atoms with Crippen molar-refractivity contribution in [3.8, 4) is 0 Å². The fraction of sp³-hybridized carbons (Fsp3) is 0.909. The van der Waals surface area contributed by atoms with Crippen LogP contribution >= 0.6 is 12.4 Å². The molecule has 146 valence electrons. The van der Waals surface area contributed by atoms with Crippen molar-refractivity contribution in [2.75, 3.05) is 19.7 Å². The Morgan fingerprint density at radius 3 is 2.81 bits per heavy atom. The number of aliphatic hydroxyl groups excluding tert-OH is 1. The molecule has 4 saturated carbocycles. The molecular formula is C22H34ClNO2. The van der Waals surface area contributed by atoms with Crippen molar-refractivity contribution in [2.45, 2.75) is 70.6 Å². The Morgan fingerprint density at radius 1 is 1.12 bits per heavy atom. The van der Waals surface area contributed by atoms with E-state index in [1.165, 1.54) is 63.5 Å². The standard InChI is InChI=1S/C22H33NO2.ClH/c1-14-15-4-5-17-21(12-15,18(14)24)9-6-16-20(2)7-3-8-22(16,17)13-23-10-11-25-19(20)23;/h15-19,24H,1,3-13H2,2H3;1H. The van der Waals surface area contributed by atoms with Crippen LogP contribution in [0.5, 0.6) is 0 Å². The number of nitrogens with zero attached hydrogens (tertiary/aromatic N) is 1. The summed E-state index contributed by atoms with van der Waals surface area (Å²) in [6, 6.07) is 0. The smallest absolute Gasteiger partial charge is 0.116 e. The van der Waals surface area contributed by atoms with Gasteiger partial charge in [-0.3, -0.25) is 4.90 Å². The molecule has 0 aromatic carbocycles. The first-order valence-corrected chi connectivity index (χ1v) is 10.7. The van der Waals surface area contributed by atoms with Crippen LogP contribution in [0.1, 0.15) is 58.3 Å². The second kappa shape index (κ2) is 5.49. The van der Waals surface area contributed by atoms with Crippen LogP contribution in [-0.2, 0) is 4.74 Å². The highest BCUT2D eigenvalue weighted by Crippen LogP contribution is 2.74. The van der Waals surface area contributed by atoms with Gasteiger partial charge in [0.25, 0.3) is 0 Å². The Hall–Kier alpha value is -0.0900. The maximum atomic E-state index is 11.3. The van der Waals surface area contributed by atoms with Crippen molar-refractivity contribution in [1.29, 1.82) is 0 Å². The first-order valence-electron chi connectivity index (χ1n) is 10.7. The number of piperidine rings is 1. The van der Waals surface area contributed by atoms with E-state index in [0.717, 1.165) is 19.1 Å². The van der Waals surface area contributed by atoms with E-state index < -0.39 is 0 Å². The molecule has 8 unspecified atom stereocenters. The van der Waals surface area contributed by atoms with Gasteiger partial charge < -0.3 is 9.84 Å². The summed E-state index contributed by atoms with van der Waals surface area (Å²) in [7, 11) is 0. The molecule has 6 aliphatic rings. The van der Waals surface area contributed by atoms with E-state index >= 15 is 0 Å². The highest BCUT2D eigenvalue weighted by Gasteiger charge is 2.71. The lowest BCUT2D eigenvalue weighted by atomic mass is 9.38. The van der Waals surface area contributed by atoms with Gasteiger partial charge in [0.1, 0.15) is 6.23 Å². The third-order valence-electron chi connectivity index (χ3n) is 10.0. The van der Waals surface area contributed by atoms with Crippen LogP contribution in [0.4, 0.5) is 0 Å². The fourth-order valence-corrected chi connectivity index (χ4v) is 9.34. The van der Waals surface area contributed by atoms with Crippen molar-refractivity contribution in [2.24, 2.45) is 34.0 Å². The van der Waals surface area contributed by atoms with Gasteiger partial charge in [-0.1, -0.05) is 19.9 Å². The first kappa shape index (κ1) is 18.0. The van der Waals surface area contributed by atoms with Crippen molar-refractivity contribution >= 4 is 12.4 Å². The summed E-state index contributed by atoms with van der Waals surface area (Å²) in [6.45, 7) is 10.1. The molecule has 1 spiro atoms. The van der Waals surface area contributed by atoms with E-state index in [-0.39, 0.29) is 23.9 Å². The summed E-state index contributed by atoms with van der Waals surface area (Å²) < 4.78 is 6.29. The highest BCUT2D eigenvalue weighted by molar-refractivity contribution is 5.85. The maximum absolute atomic E-state index is 11.3. The fourth-order valence-electron chi connectivity index (χ4n) is 9.34. The van der Waals surface area contributed by atoms with Crippen molar-refractivity contribution < 1.29 is 9.84 Å². The average molecular weight is 380 g/mol. The van der Waals surface area contributed by atoms with Gasteiger partial charge in [-0.15, -0.1) is 12.4 Å². The zero-order chi connectivity index (χ0) is 17.0. The zero-order valence-electron chi connectivity index (χ0n) is 16.1. The van der Waals surface area contributed by atoms with E-state index in [4.69, 9.17) is 4.74 Å². The monoisotopic (exact) mass is 379 g/mol. The van der Waals surface area contributed by atoms with Gasteiger partial charge in [-0.25, -0.2) is 0 Å². The Kier molecular flexibility index (Phi) is 3.80. The van der Waals surface area contributed by atoms with Gasteiger partial charge in [0.2, 0.25) is 0 Å². The van der Waals surface area contributed by atoms with E-state index in [1.54, 1.807) is 0 Å². The molecule has 0 aromatic heterocycles. The summed E-state index contributed by atoms with van der Waals surface area (Å²) in [4.78, 5) is 2.69. The minimum absolute atomic E-state index is 0. The predicted octanol–water partition coefficient (Wildman–Crippen LogP) is 4.00. The molecule has 6 fully saturated rings. The number of rotatable bonds is 0. The van der Waals surface area contributed by atoms with Crippen LogP contribution in [-0.4, -0.2) is 42.0 Å². The Balaban J connectivity index is 0.00000150. The summed E-state index contributed by atoms with van der Waals surface area (Å²) >= 11 is 0. The molecule has 0 amide bonds. The molecule has 2 heterocycles. The third kappa shape index (κ3) is 1.83. The number of fused-ring (bicyclic) bond motifs is 3. The van der Waals surface area contributed by atoms with E-state index in [0.29, 0.717) is 28.9 Å². The van der Waals surface area contributed by atoms with Crippen molar-refractivity contribution in [1.82, 2.24) is 4.90 Å². The largest absolute Gasteiger partial charge is 0.388 e. The number of ether oxygens (including phenoxy) is 1. The molecule has 0 aromatic rings. The Morgan fingerprint density at radius 2 is 1.96 bits per heavy atom. The van der Waals surface area contributed by atoms with Gasteiger partial charge in [0.15, 0.2) is 0 Å². The third-order valence-corrected chi connectivity index (χ3v) is 10.0. The van der Waals surface area contributed by atoms with E-state index in [2.05, 4.69) is 18.4 Å². The second-order valence-corrected chi connectivity index (χ2v) is 10.6. The Bertz CT molecular complexity index is 640. The molecule has 2 saturated heterocycles. The number of halogens is 1. The van der Waals surface area contributed by atoms with Crippen LogP contribution < -0.4 is 0 Å². The SMILES string of the molecule is C=C1C2CCC3C(CCC4C5(C)CCCC43CN3CCOC35)(C2)C1O.Cl. The summed E-state index contributed by atoms with van der Waals surface area (Å²) in [6.07, 6.45) is 10.5. The lowest BCUT2D eigenvalue weighted by molar-refractivity contribution is -0.259. The normalized spacial score (nSPS) is 57.8. The number of aliphatic hydroxyl groups is 1. The van der Waals surface area contributed by atoms with Crippen molar-refractivity contribution in [3.05, 3.63) is 12.2 Å². The lowest BCUT2D eigenvalue weighted by Gasteiger charge is -2.70. The molecule has 1 N–H and O–H groups in total. The predicted molar refractivity (Wildman–Crippen MR) is 104 cm³/mol. The molecule has 26 heavy (non-hydrogen) atoms. The zero-order valence-corrected chi connectivity index (χ0v) is 16.9. The summed E-state index contributed by atoms with van der Waals surface area (Å²) in [5.41, 5.74) is 2.08. The van der Waals surface area contributed by atoms with Crippen LogP contribution in [0, 0.1) is 34.0 Å². The van der Waals surface area contributed by atoms with Crippen molar-refractivity contribution in [3.63, 3.8) is 0 Å². The molecule has 4 bridgehead atoms. The van der Waals surface area contributed by atoms with Crippen LogP contribution in [0.2, 0.25) is 0 Å². The number of hydrogen-bond donors (Lipinski definition) is 1. The molecular weight excluding hydrogens is 346 g/mol. The average Bonchev–Trinajstić information content (AvgIpc) is 3.13. The molecule has 4 heteroatoms. The van der Waals surface area contributed by atoms with Crippen LogP contribution in [0.3, 0.4) is 0 Å². The maximum Gasteiger partial charge on any atom is 0.116 e. The van der Waals surface area contributed by atoms with Gasteiger partial charge in [0, 0.05) is 23.9 Å². The molecule has 0 radical (unpaired) electrons. The topological polar surface area (TPSA) is 32.7 Å². The molecule has 3 nitrogen and oxygen atoms in total. The molecule has 4 aliphatic carbocycles. The number of hydrogen-bond acceptors (Lipinski definition) is 3. The van der Waals surface area contributed by atoms with Gasteiger partial charge >= 0.3 is 0 Å². The minimum Gasteiger partial charge on any atom is -0.388 e. The van der Waals surface area contributed by atoms with Gasteiger partial charge in [-0.05, 0) is 73.7 Å². The Labute approximate surface area is 163 Å². The minimum atomic E-state index is -0.235. The second-order valence-electron chi connectivity index (χ2n) is 10.6. The van der Waals surface area contributed by atoms with Crippen LogP contribution in [0.15, 0.2) is 12.2 Å².